The molecule has 0 bridgehead atoms. The van der Waals surface area contributed by atoms with Crippen molar-refractivity contribution in [1.82, 2.24) is 0 Å². The number of hydrogen-bond donors (Lipinski definition) is 0. The molecule has 1 aromatic carbocycles. The summed E-state index contributed by atoms with van der Waals surface area (Å²) in [7, 11) is 0. The van der Waals surface area contributed by atoms with Crippen LogP contribution in [0.25, 0.3) is 0 Å². The normalized spacial score (nSPS) is 31.6. The summed E-state index contributed by atoms with van der Waals surface area (Å²) in [5.74, 6) is -0.851. The van der Waals surface area contributed by atoms with Crippen LogP contribution in [0.2, 0.25) is 0 Å². The molecule has 16 heavy (non-hydrogen) atoms. The molecule has 0 amide bonds. The van der Waals surface area contributed by atoms with Crippen LogP contribution in [0.15, 0.2) is 30.3 Å². The maximum Gasteiger partial charge on any atom is 0.340 e. The zero-order valence-corrected chi connectivity index (χ0v) is 9.02. The van der Waals surface area contributed by atoms with Crippen molar-refractivity contribution in [3.63, 3.8) is 0 Å². The largest absolute Gasteiger partial charge is 0.427 e. The van der Waals surface area contributed by atoms with Gasteiger partial charge in [0.2, 0.25) is 5.79 Å². The van der Waals surface area contributed by atoms with Crippen LogP contribution in [0.1, 0.15) is 36.0 Å². The Morgan fingerprint density at radius 2 is 2.12 bits per heavy atom. The first-order valence-electron chi connectivity index (χ1n) is 5.76. The standard InChI is InChI=1S/C13H14O3/c14-12(10-6-2-1-3-7-10)16-13-9-5-4-8-11(13)15-13/h1-3,6-7,11H,4-5,8-9H2/t11-,13-/m0/s1. The summed E-state index contributed by atoms with van der Waals surface area (Å²) >= 11 is 0. The Hall–Kier alpha value is -1.35. The van der Waals surface area contributed by atoms with Gasteiger partial charge in [-0.05, 0) is 25.0 Å². The molecule has 2 aliphatic rings. The number of esters is 1. The van der Waals surface area contributed by atoms with Crippen LogP contribution in [0.5, 0.6) is 0 Å². The smallest absolute Gasteiger partial charge is 0.340 e. The monoisotopic (exact) mass is 218 g/mol. The quantitative estimate of drug-likeness (QED) is 0.565. The molecule has 3 heteroatoms. The molecule has 3 nitrogen and oxygen atoms in total. The number of epoxide rings is 1. The fourth-order valence-electron chi connectivity index (χ4n) is 2.34. The van der Waals surface area contributed by atoms with Crippen LogP contribution in [0.3, 0.4) is 0 Å². The number of fused-ring (bicyclic) bond motifs is 1. The first-order valence-corrected chi connectivity index (χ1v) is 5.76. The topological polar surface area (TPSA) is 38.8 Å². The van der Waals surface area contributed by atoms with Crippen molar-refractivity contribution in [1.29, 1.82) is 0 Å². The van der Waals surface area contributed by atoms with Gasteiger partial charge >= 0.3 is 5.97 Å². The molecule has 2 fully saturated rings. The number of carbonyl (C=O) groups excluding carboxylic acids is 1. The lowest BCUT2D eigenvalue weighted by atomic mass is 9.98. The molecule has 1 aliphatic carbocycles. The van der Waals surface area contributed by atoms with Crippen molar-refractivity contribution in [2.24, 2.45) is 0 Å². The van der Waals surface area contributed by atoms with E-state index in [1.165, 1.54) is 6.42 Å². The van der Waals surface area contributed by atoms with E-state index in [-0.39, 0.29) is 12.1 Å². The number of ether oxygens (including phenoxy) is 2. The second kappa shape index (κ2) is 3.59. The minimum atomic E-state index is -0.578. The molecule has 1 aliphatic heterocycles. The summed E-state index contributed by atoms with van der Waals surface area (Å²) in [6, 6.07) is 9.07. The van der Waals surface area contributed by atoms with Crippen molar-refractivity contribution in [2.45, 2.75) is 37.6 Å². The van der Waals surface area contributed by atoms with Gasteiger partial charge in [0.1, 0.15) is 6.10 Å². The molecule has 0 radical (unpaired) electrons. The minimum absolute atomic E-state index is 0.147. The fraction of sp³-hybridized carbons (Fsp3) is 0.462. The van der Waals surface area contributed by atoms with Crippen molar-refractivity contribution < 1.29 is 14.3 Å². The molecule has 1 saturated heterocycles. The summed E-state index contributed by atoms with van der Waals surface area (Å²) < 4.78 is 11.0. The molecule has 84 valence electrons. The van der Waals surface area contributed by atoms with Crippen LogP contribution in [0, 0.1) is 0 Å². The highest BCUT2D eigenvalue weighted by Crippen LogP contribution is 2.48. The van der Waals surface area contributed by atoms with Crippen molar-refractivity contribution >= 4 is 5.97 Å². The Balaban J connectivity index is 1.70. The Morgan fingerprint density at radius 3 is 2.88 bits per heavy atom. The summed E-state index contributed by atoms with van der Waals surface area (Å²) in [6.45, 7) is 0. The third kappa shape index (κ3) is 1.61. The molecular weight excluding hydrogens is 204 g/mol. The van der Waals surface area contributed by atoms with Crippen molar-refractivity contribution in [2.75, 3.05) is 0 Å². The van der Waals surface area contributed by atoms with E-state index in [0.29, 0.717) is 5.56 Å². The van der Waals surface area contributed by atoms with Crippen molar-refractivity contribution in [3.8, 4) is 0 Å². The summed E-state index contributed by atoms with van der Waals surface area (Å²) in [5.41, 5.74) is 0.594. The number of rotatable bonds is 2. The molecule has 2 atom stereocenters. The van der Waals surface area contributed by atoms with Gasteiger partial charge in [-0.15, -0.1) is 0 Å². The molecule has 0 spiro atoms. The molecule has 0 unspecified atom stereocenters. The van der Waals surface area contributed by atoms with Gasteiger partial charge in [0, 0.05) is 6.42 Å². The van der Waals surface area contributed by atoms with E-state index in [4.69, 9.17) is 9.47 Å². The molecule has 1 aromatic rings. The van der Waals surface area contributed by atoms with Crippen molar-refractivity contribution in [3.05, 3.63) is 35.9 Å². The highest BCUT2D eigenvalue weighted by molar-refractivity contribution is 5.89. The predicted octanol–water partition coefficient (Wildman–Crippen LogP) is 2.51. The van der Waals surface area contributed by atoms with Crippen LogP contribution >= 0.6 is 0 Å². The van der Waals surface area contributed by atoms with E-state index < -0.39 is 5.79 Å². The zero-order valence-electron chi connectivity index (χ0n) is 9.02. The lowest BCUT2D eigenvalue weighted by Crippen LogP contribution is -2.26. The molecule has 0 N–H and O–H groups in total. The van der Waals surface area contributed by atoms with E-state index >= 15 is 0 Å². The maximum atomic E-state index is 11.8. The van der Waals surface area contributed by atoms with Crippen LogP contribution in [-0.2, 0) is 9.47 Å². The van der Waals surface area contributed by atoms with Gasteiger partial charge in [-0.1, -0.05) is 24.6 Å². The highest BCUT2D eigenvalue weighted by Gasteiger charge is 2.61. The SMILES string of the molecule is O=C(O[C@@]12CCCC[C@@H]1O2)c1ccccc1. The first kappa shape index (κ1) is 9.85. The van der Waals surface area contributed by atoms with Crippen LogP contribution < -0.4 is 0 Å². The van der Waals surface area contributed by atoms with E-state index in [0.717, 1.165) is 19.3 Å². The third-order valence-corrected chi connectivity index (χ3v) is 3.29. The average molecular weight is 218 g/mol. The van der Waals surface area contributed by atoms with E-state index in [1.807, 2.05) is 18.2 Å². The second-order valence-corrected chi connectivity index (χ2v) is 4.42. The number of carbonyl (C=O) groups is 1. The van der Waals surface area contributed by atoms with Gasteiger partial charge in [0.05, 0.1) is 5.56 Å². The first-order chi connectivity index (χ1) is 7.80. The molecule has 1 saturated carbocycles. The Bertz CT molecular complexity index is 401. The van der Waals surface area contributed by atoms with E-state index in [1.54, 1.807) is 12.1 Å². The lowest BCUT2D eigenvalue weighted by molar-refractivity contribution is -0.0245. The molecular formula is C13H14O3. The van der Waals surface area contributed by atoms with Crippen LogP contribution in [0.4, 0.5) is 0 Å². The Labute approximate surface area is 94.4 Å². The Morgan fingerprint density at radius 1 is 1.31 bits per heavy atom. The predicted molar refractivity (Wildman–Crippen MR) is 57.9 cm³/mol. The average Bonchev–Trinajstić information content (AvgIpc) is 3.04. The summed E-state index contributed by atoms with van der Waals surface area (Å²) in [6.07, 6.45) is 4.26. The Kier molecular flexibility index (Phi) is 2.21. The fourth-order valence-corrected chi connectivity index (χ4v) is 2.34. The molecule has 0 aromatic heterocycles. The molecule has 3 rings (SSSR count). The van der Waals surface area contributed by atoms with E-state index in [9.17, 15) is 4.79 Å². The van der Waals surface area contributed by atoms with Gasteiger partial charge in [0.25, 0.3) is 0 Å². The number of hydrogen-bond acceptors (Lipinski definition) is 3. The second-order valence-electron chi connectivity index (χ2n) is 4.42. The van der Waals surface area contributed by atoms with Gasteiger partial charge in [0.15, 0.2) is 0 Å². The minimum Gasteiger partial charge on any atom is -0.427 e. The van der Waals surface area contributed by atoms with Gasteiger partial charge in [-0.3, -0.25) is 0 Å². The number of benzene rings is 1. The van der Waals surface area contributed by atoms with E-state index in [2.05, 4.69) is 0 Å². The van der Waals surface area contributed by atoms with Gasteiger partial charge in [-0.2, -0.15) is 0 Å². The molecule has 1 heterocycles. The van der Waals surface area contributed by atoms with Gasteiger partial charge in [-0.25, -0.2) is 4.79 Å². The highest BCUT2D eigenvalue weighted by atomic mass is 16.8. The summed E-state index contributed by atoms with van der Waals surface area (Å²) in [5, 5.41) is 0. The third-order valence-electron chi connectivity index (χ3n) is 3.29. The summed E-state index contributed by atoms with van der Waals surface area (Å²) in [4.78, 5) is 11.8. The zero-order chi connectivity index (χ0) is 11.0. The van der Waals surface area contributed by atoms with Crippen LogP contribution in [-0.4, -0.2) is 17.9 Å². The maximum absolute atomic E-state index is 11.8. The van der Waals surface area contributed by atoms with Gasteiger partial charge < -0.3 is 9.47 Å². The lowest BCUT2D eigenvalue weighted by Gasteiger charge is -2.17.